The lowest BCUT2D eigenvalue weighted by atomic mass is 9.70. The molecular formula is C36H41BrClN3O8. The fourth-order valence-corrected chi connectivity index (χ4v) is 8.59. The lowest BCUT2D eigenvalue weighted by Crippen LogP contribution is -2.57. The molecule has 49 heavy (non-hydrogen) atoms. The number of likely N-dealkylation sites (tertiary alicyclic amines) is 1. The molecule has 1 spiro atoms. The Hall–Kier alpha value is -3.55. The lowest BCUT2D eigenvalue weighted by molar-refractivity contribution is -0.163. The molecular weight excluding hydrogens is 718 g/mol. The summed E-state index contributed by atoms with van der Waals surface area (Å²) in [5.41, 5.74) is -0.363. The van der Waals surface area contributed by atoms with Crippen molar-refractivity contribution in [2.75, 3.05) is 38.3 Å². The van der Waals surface area contributed by atoms with Crippen molar-refractivity contribution in [3.8, 4) is 0 Å². The number of halogens is 2. The average Bonchev–Trinajstić information content (AvgIpc) is 3.68. The Morgan fingerprint density at radius 1 is 1.18 bits per heavy atom. The van der Waals surface area contributed by atoms with E-state index in [1.807, 2.05) is 6.07 Å². The second-order valence-corrected chi connectivity index (χ2v) is 13.9. The highest BCUT2D eigenvalue weighted by atomic mass is 79.9. The van der Waals surface area contributed by atoms with Crippen LogP contribution in [0.15, 0.2) is 79.9 Å². The van der Waals surface area contributed by atoms with Crippen molar-refractivity contribution < 1.29 is 38.5 Å². The smallest absolute Gasteiger partial charge is 0.313 e. The molecule has 0 aromatic heterocycles. The number of amides is 3. The molecule has 262 valence electrons. The molecule has 3 heterocycles. The SMILES string of the molecule is C=CCCC(=O)N[C@H](COC)[C@H](OC(=O)[C@H]1[C@@H]2O[C@@]3(CC2Br)[C@@H]1C(=O)N(CCO)[C@@H]3C(=O)N(CC=C)c1ccccc1Cl)c1ccccc1. The van der Waals surface area contributed by atoms with Gasteiger partial charge in [-0.05, 0) is 30.5 Å². The van der Waals surface area contributed by atoms with Crippen molar-refractivity contribution in [2.45, 2.75) is 54.0 Å². The Labute approximate surface area is 299 Å². The summed E-state index contributed by atoms with van der Waals surface area (Å²) >= 11 is 10.2. The van der Waals surface area contributed by atoms with E-state index < -0.39 is 70.9 Å². The standard InChI is InChI=1S/C36H41BrClN3O8/c1-4-6-16-27(43)39-25(21-47-3)30(22-12-8-7-9-13-22)48-35(46)28-29-33(44)41(18-19-42)32(36(29)20-23(37)31(28)49-36)34(45)40(17-5-2)26-15-11-10-14-24(26)38/h4-5,7-15,23,25,28-32,42H,1-2,6,16-21H2,3H3,(H,39,43)/t23?,25-,28-,29+,30-,31-,32-,36+/m1/s1. The van der Waals surface area contributed by atoms with Gasteiger partial charge in [0.2, 0.25) is 11.8 Å². The number of alkyl halides is 1. The zero-order valence-corrected chi connectivity index (χ0v) is 29.6. The van der Waals surface area contributed by atoms with Gasteiger partial charge in [-0.2, -0.15) is 0 Å². The van der Waals surface area contributed by atoms with Gasteiger partial charge in [-0.3, -0.25) is 19.2 Å². The largest absolute Gasteiger partial charge is 0.455 e. The van der Waals surface area contributed by atoms with Crippen LogP contribution in [0.2, 0.25) is 5.02 Å². The van der Waals surface area contributed by atoms with Crippen LogP contribution in [-0.4, -0.2) is 95.7 Å². The van der Waals surface area contributed by atoms with Crippen molar-refractivity contribution in [1.29, 1.82) is 0 Å². The molecule has 2 bridgehead atoms. The number of carbonyl (C=O) groups excluding carboxylic acids is 4. The number of β-amino-alcohol motifs (C(OH)–C–C–N with tert-alkyl or cyclic N) is 1. The number of aliphatic hydroxyl groups is 1. The highest BCUT2D eigenvalue weighted by Crippen LogP contribution is 2.60. The van der Waals surface area contributed by atoms with Gasteiger partial charge < -0.3 is 34.4 Å². The fraction of sp³-hybridized carbons (Fsp3) is 0.444. The van der Waals surface area contributed by atoms with Crippen LogP contribution in [0.4, 0.5) is 5.69 Å². The van der Waals surface area contributed by atoms with E-state index in [-0.39, 0.29) is 38.4 Å². The van der Waals surface area contributed by atoms with Crippen LogP contribution in [0, 0.1) is 11.8 Å². The van der Waals surface area contributed by atoms with Gasteiger partial charge in [0.25, 0.3) is 5.91 Å². The second-order valence-electron chi connectivity index (χ2n) is 12.3. The lowest BCUT2D eigenvalue weighted by Gasteiger charge is -2.37. The topological polar surface area (TPSA) is 135 Å². The number of nitrogens with one attached hydrogen (secondary N) is 1. The Balaban J connectivity index is 1.51. The van der Waals surface area contributed by atoms with Gasteiger partial charge in [-0.25, -0.2) is 0 Å². The maximum absolute atomic E-state index is 14.6. The summed E-state index contributed by atoms with van der Waals surface area (Å²) < 4.78 is 18.3. The van der Waals surface area contributed by atoms with Crippen molar-refractivity contribution >= 4 is 56.9 Å². The summed E-state index contributed by atoms with van der Waals surface area (Å²) in [6.45, 7) is 7.04. The molecule has 5 rings (SSSR count). The summed E-state index contributed by atoms with van der Waals surface area (Å²) in [5, 5.41) is 13.3. The van der Waals surface area contributed by atoms with Crippen LogP contribution in [0.5, 0.6) is 0 Å². The third kappa shape index (κ3) is 7.07. The number of benzene rings is 2. The van der Waals surface area contributed by atoms with E-state index in [9.17, 15) is 24.3 Å². The molecule has 2 aromatic carbocycles. The molecule has 0 aliphatic carbocycles. The van der Waals surface area contributed by atoms with Crippen molar-refractivity contribution in [1.82, 2.24) is 10.2 Å². The van der Waals surface area contributed by atoms with Crippen LogP contribution < -0.4 is 10.2 Å². The fourth-order valence-electron chi connectivity index (χ4n) is 7.41. The van der Waals surface area contributed by atoms with Gasteiger partial charge in [0.15, 0.2) is 0 Å². The van der Waals surface area contributed by atoms with Crippen molar-refractivity contribution in [2.24, 2.45) is 11.8 Å². The average molecular weight is 759 g/mol. The molecule has 0 radical (unpaired) electrons. The molecule has 13 heteroatoms. The molecule has 3 amide bonds. The molecule has 1 unspecified atom stereocenters. The maximum Gasteiger partial charge on any atom is 0.313 e. The van der Waals surface area contributed by atoms with E-state index in [1.54, 1.807) is 60.7 Å². The molecule has 3 aliphatic rings. The molecule has 3 saturated heterocycles. The predicted octanol–water partition coefficient (Wildman–Crippen LogP) is 3.98. The first-order chi connectivity index (χ1) is 23.6. The number of carbonyl (C=O) groups is 4. The summed E-state index contributed by atoms with van der Waals surface area (Å²) in [6, 6.07) is 13.9. The number of hydrogen-bond donors (Lipinski definition) is 2. The van der Waals surface area contributed by atoms with E-state index in [1.165, 1.54) is 16.9 Å². The zero-order valence-electron chi connectivity index (χ0n) is 27.2. The summed E-state index contributed by atoms with van der Waals surface area (Å²) in [7, 11) is 1.48. The number of allylic oxidation sites excluding steroid dienone is 1. The summed E-state index contributed by atoms with van der Waals surface area (Å²) in [6.07, 6.45) is 2.34. The summed E-state index contributed by atoms with van der Waals surface area (Å²) in [4.78, 5) is 58.5. The number of aliphatic hydroxyl groups excluding tert-OH is 1. The van der Waals surface area contributed by atoms with E-state index >= 15 is 0 Å². The molecule has 8 atom stereocenters. The van der Waals surface area contributed by atoms with E-state index in [2.05, 4.69) is 34.4 Å². The van der Waals surface area contributed by atoms with Crippen LogP contribution in [0.1, 0.15) is 30.9 Å². The molecule has 0 saturated carbocycles. The van der Waals surface area contributed by atoms with Gasteiger partial charge in [0.05, 0.1) is 47.9 Å². The number of rotatable bonds is 16. The van der Waals surface area contributed by atoms with Crippen molar-refractivity contribution in [3.05, 3.63) is 90.5 Å². The molecule has 2 aromatic rings. The minimum Gasteiger partial charge on any atom is -0.455 e. The van der Waals surface area contributed by atoms with Crippen LogP contribution >= 0.6 is 27.5 Å². The van der Waals surface area contributed by atoms with Gasteiger partial charge in [-0.1, -0.05) is 82.1 Å². The zero-order chi connectivity index (χ0) is 35.3. The van der Waals surface area contributed by atoms with Crippen LogP contribution in [0.3, 0.4) is 0 Å². The number of ether oxygens (including phenoxy) is 3. The first-order valence-corrected chi connectivity index (χ1v) is 17.5. The first-order valence-electron chi connectivity index (χ1n) is 16.2. The molecule has 2 N–H and O–H groups in total. The highest BCUT2D eigenvalue weighted by molar-refractivity contribution is 9.09. The normalized spacial score (nSPS) is 26.5. The van der Waals surface area contributed by atoms with Crippen molar-refractivity contribution in [3.63, 3.8) is 0 Å². The van der Waals surface area contributed by atoms with E-state index in [0.29, 0.717) is 22.7 Å². The number of hydrogen-bond acceptors (Lipinski definition) is 8. The number of methoxy groups -OCH3 is 1. The maximum atomic E-state index is 14.6. The molecule has 3 aliphatic heterocycles. The number of anilines is 1. The number of esters is 1. The molecule has 3 fully saturated rings. The van der Waals surface area contributed by atoms with Gasteiger partial charge in [-0.15, -0.1) is 13.2 Å². The number of nitrogens with zero attached hydrogens (tertiary/aromatic N) is 2. The van der Waals surface area contributed by atoms with Gasteiger partial charge in [0.1, 0.15) is 17.7 Å². The Morgan fingerprint density at radius 2 is 1.90 bits per heavy atom. The third-order valence-corrected chi connectivity index (χ3v) is 10.5. The van der Waals surface area contributed by atoms with E-state index in [4.69, 9.17) is 25.8 Å². The van der Waals surface area contributed by atoms with E-state index in [0.717, 1.165) is 0 Å². The highest BCUT2D eigenvalue weighted by Gasteiger charge is 2.77. The third-order valence-electron chi connectivity index (χ3n) is 9.36. The Morgan fingerprint density at radius 3 is 2.55 bits per heavy atom. The monoisotopic (exact) mass is 757 g/mol. The minimum absolute atomic E-state index is 0.0344. The number of fused-ring (bicyclic) bond motifs is 1. The van der Waals surface area contributed by atoms with Crippen LogP contribution in [-0.2, 0) is 33.4 Å². The predicted molar refractivity (Wildman–Crippen MR) is 187 cm³/mol. The quantitative estimate of drug-likeness (QED) is 0.149. The summed E-state index contributed by atoms with van der Waals surface area (Å²) in [5.74, 6) is -4.11. The second kappa shape index (κ2) is 16.0. The first kappa shape index (κ1) is 36.7. The number of para-hydroxylation sites is 1. The minimum atomic E-state index is -1.40. The Bertz CT molecular complexity index is 1560. The van der Waals surface area contributed by atoms with Gasteiger partial charge >= 0.3 is 5.97 Å². The van der Waals surface area contributed by atoms with Crippen LogP contribution in [0.25, 0.3) is 0 Å². The van der Waals surface area contributed by atoms with Gasteiger partial charge in [0, 0.05) is 31.4 Å². The molecule has 11 nitrogen and oxygen atoms in total. The Kier molecular flexibility index (Phi) is 12.0.